The van der Waals surface area contributed by atoms with E-state index in [1.165, 1.54) is 0 Å². The molecule has 34 heavy (non-hydrogen) atoms. The number of esters is 2. The third-order valence-corrected chi connectivity index (χ3v) is 5.86. The average Bonchev–Trinajstić information content (AvgIpc) is 2.80. The summed E-state index contributed by atoms with van der Waals surface area (Å²) in [7, 11) is 0. The van der Waals surface area contributed by atoms with Crippen LogP contribution in [0.1, 0.15) is 42.6 Å². The predicted molar refractivity (Wildman–Crippen MR) is 133 cm³/mol. The Morgan fingerprint density at radius 3 is 2.26 bits per heavy atom. The fraction of sp³-hybridized carbons (Fsp3) is 0.333. The molecular formula is C24H26BrClN2O6. The van der Waals surface area contributed by atoms with E-state index >= 15 is 0 Å². The Bertz CT molecular complexity index is 1060. The van der Waals surface area contributed by atoms with Gasteiger partial charge in [-0.2, -0.15) is 0 Å². The minimum atomic E-state index is -0.681. The second kappa shape index (κ2) is 13.1. The first-order valence-corrected chi connectivity index (χ1v) is 11.7. The van der Waals surface area contributed by atoms with E-state index in [0.29, 0.717) is 38.6 Å². The van der Waals surface area contributed by atoms with E-state index in [-0.39, 0.29) is 18.8 Å². The zero-order valence-corrected chi connectivity index (χ0v) is 21.4. The molecule has 0 bridgehead atoms. The van der Waals surface area contributed by atoms with Crippen LogP contribution in [0.5, 0.6) is 0 Å². The molecule has 0 aliphatic heterocycles. The van der Waals surface area contributed by atoms with Gasteiger partial charge in [0.25, 0.3) is 5.91 Å². The van der Waals surface area contributed by atoms with Gasteiger partial charge in [-0.3, -0.25) is 14.4 Å². The Labute approximate surface area is 211 Å². The van der Waals surface area contributed by atoms with Gasteiger partial charge in [0.15, 0.2) is 6.61 Å². The Kier molecular flexibility index (Phi) is 10.5. The molecule has 2 aromatic rings. The number of amides is 2. The van der Waals surface area contributed by atoms with Gasteiger partial charge in [0, 0.05) is 22.3 Å². The van der Waals surface area contributed by atoms with Crippen molar-refractivity contribution in [2.45, 2.75) is 33.6 Å². The van der Waals surface area contributed by atoms with Gasteiger partial charge in [0.05, 0.1) is 23.6 Å². The molecule has 8 nitrogen and oxygen atoms in total. The molecule has 10 heteroatoms. The number of rotatable bonds is 10. The molecule has 2 amide bonds. The quantitative estimate of drug-likeness (QED) is 0.395. The highest BCUT2D eigenvalue weighted by molar-refractivity contribution is 9.10. The lowest BCUT2D eigenvalue weighted by Gasteiger charge is -2.11. The normalized spacial score (nSPS) is 10.5. The summed E-state index contributed by atoms with van der Waals surface area (Å²) in [4.78, 5) is 47.9. The second-order valence-corrected chi connectivity index (χ2v) is 9.09. The summed E-state index contributed by atoms with van der Waals surface area (Å²) in [5.74, 6) is -1.81. The van der Waals surface area contributed by atoms with E-state index in [2.05, 4.69) is 26.6 Å². The van der Waals surface area contributed by atoms with Crippen LogP contribution in [-0.4, -0.2) is 37.0 Å². The van der Waals surface area contributed by atoms with E-state index in [1.54, 1.807) is 43.3 Å². The molecule has 0 atom stereocenters. The SMILES string of the molecule is Cc1c(NC(=O)COC(=O)CCC(=O)Nc2ccc(C(=O)OCC(C)C)cc2)ccc(Br)c1Cl. The lowest BCUT2D eigenvalue weighted by atomic mass is 10.2. The van der Waals surface area contributed by atoms with Gasteiger partial charge in [-0.1, -0.05) is 25.4 Å². The van der Waals surface area contributed by atoms with Gasteiger partial charge >= 0.3 is 11.9 Å². The molecule has 2 N–H and O–H groups in total. The minimum Gasteiger partial charge on any atom is -0.462 e. The average molecular weight is 554 g/mol. The Morgan fingerprint density at radius 1 is 0.941 bits per heavy atom. The van der Waals surface area contributed by atoms with Gasteiger partial charge in [-0.05, 0) is 70.7 Å². The number of halogens is 2. The van der Waals surface area contributed by atoms with Crippen molar-refractivity contribution >= 4 is 62.7 Å². The third-order valence-electron chi connectivity index (χ3n) is 4.49. The fourth-order valence-corrected chi connectivity index (χ4v) is 3.24. The van der Waals surface area contributed by atoms with E-state index in [0.717, 1.165) is 0 Å². The molecular weight excluding hydrogens is 528 g/mol. The first-order valence-electron chi connectivity index (χ1n) is 10.5. The Hall–Kier alpha value is -2.91. The molecule has 0 aliphatic rings. The van der Waals surface area contributed by atoms with Crippen LogP contribution in [0.2, 0.25) is 5.02 Å². The summed E-state index contributed by atoms with van der Waals surface area (Å²) >= 11 is 9.42. The standard InChI is InChI=1S/C24H26BrClN2O6/c1-14(2)12-34-24(32)16-4-6-17(7-5-16)27-20(29)10-11-22(31)33-13-21(30)28-19-9-8-18(25)23(26)15(19)3/h4-9,14H,10-13H2,1-3H3,(H,27,29)(H,28,30). The summed E-state index contributed by atoms with van der Waals surface area (Å²) in [6.45, 7) is 5.48. The van der Waals surface area contributed by atoms with Gasteiger partial charge < -0.3 is 20.1 Å². The van der Waals surface area contributed by atoms with Crippen LogP contribution < -0.4 is 10.6 Å². The molecule has 0 spiro atoms. The Balaban J connectivity index is 1.72. The minimum absolute atomic E-state index is 0.125. The smallest absolute Gasteiger partial charge is 0.338 e. The first-order chi connectivity index (χ1) is 16.1. The zero-order chi connectivity index (χ0) is 25.3. The third kappa shape index (κ3) is 8.79. The molecule has 182 valence electrons. The number of anilines is 2. The van der Waals surface area contributed by atoms with Crippen LogP contribution >= 0.6 is 27.5 Å². The highest BCUT2D eigenvalue weighted by atomic mass is 79.9. The number of benzene rings is 2. The lowest BCUT2D eigenvalue weighted by Crippen LogP contribution is -2.22. The van der Waals surface area contributed by atoms with E-state index in [9.17, 15) is 19.2 Å². The maximum atomic E-state index is 12.1. The van der Waals surface area contributed by atoms with Crippen molar-refractivity contribution < 1.29 is 28.7 Å². The summed E-state index contributed by atoms with van der Waals surface area (Å²) < 4.78 is 10.8. The molecule has 0 saturated heterocycles. The molecule has 2 aromatic carbocycles. The van der Waals surface area contributed by atoms with Crippen molar-refractivity contribution in [1.82, 2.24) is 0 Å². The number of nitrogens with one attached hydrogen (secondary N) is 2. The summed E-state index contributed by atoms with van der Waals surface area (Å²) in [5, 5.41) is 5.73. The van der Waals surface area contributed by atoms with Gasteiger partial charge in [0.2, 0.25) is 5.91 Å². The first kappa shape index (κ1) is 27.3. The number of carbonyl (C=O) groups excluding carboxylic acids is 4. The van der Waals surface area contributed by atoms with E-state index in [4.69, 9.17) is 21.1 Å². The van der Waals surface area contributed by atoms with Crippen LogP contribution in [0.25, 0.3) is 0 Å². The van der Waals surface area contributed by atoms with Crippen molar-refractivity contribution in [3.8, 4) is 0 Å². The monoisotopic (exact) mass is 552 g/mol. The summed E-state index contributed by atoms with van der Waals surface area (Å²) in [5.41, 5.74) is 2.03. The predicted octanol–water partition coefficient (Wildman–Crippen LogP) is 5.12. The molecule has 0 unspecified atom stereocenters. The summed E-state index contributed by atoms with van der Waals surface area (Å²) in [6, 6.07) is 9.61. The highest BCUT2D eigenvalue weighted by Crippen LogP contribution is 2.30. The highest BCUT2D eigenvalue weighted by Gasteiger charge is 2.14. The number of ether oxygens (including phenoxy) is 2. The van der Waals surface area contributed by atoms with Gasteiger partial charge in [0.1, 0.15) is 0 Å². The van der Waals surface area contributed by atoms with Crippen LogP contribution in [0.15, 0.2) is 40.9 Å². The fourth-order valence-electron chi connectivity index (χ4n) is 2.65. The molecule has 0 aliphatic carbocycles. The number of hydrogen-bond acceptors (Lipinski definition) is 6. The maximum Gasteiger partial charge on any atom is 0.338 e. The van der Waals surface area contributed by atoms with Crippen LogP contribution in [0.4, 0.5) is 11.4 Å². The molecule has 0 fully saturated rings. The van der Waals surface area contributed by atoms with E-state index < -0.39 is 30.4 Å². The van der Waals surface area contributed by atoms with Crippen molar-refractivity contribution in [3.05, 3.63) is 57.0 Å². The molecule has 0 heterocycles. The zero-order valence-electron chi connectivity index (χ0n) is 19.1. The van der Waals surface area contributed by atoms with Crippen molar-refractivity contribution in [2.75, 3.05) is 23.8 Å². The van der Waals surface area contributed by atoms with E-state index in [1.807, 2.05) is 13.8 Å². The Morgan fingerprint density at radius 2 is 1.62 bits per heavy atom. The lowest BCUT2D eigenvalue weighted by molar-refractivity contribution is -0.147. The molecule has 0 saturated carbocycles. The van der Waals surface area contributed by atoms with Gasteiger partial charge in [-0.15, -0.1) is 0 Å². The van der Waals surface area contributed by atoms with Crippen molar-refractivity contribution in [2.24, 2.45) is 5.92 Å². The van der Waals surface area contributed by atoms with Crippen molar-refractivity contribution in [1.29, 1.82) is 0 Å². The van der Waals surface area contributed by atoms with Crippen LogP contribution in [0, 0.1) is 12.8 Å². The van der Waals surface area contributed by atoms with Gasteiger partial charge in [-0.25, -0.2) is 4.79 Å². The largest absolute Gasteiger partial charge is 0.462 e. The number of carbonyl (C=O) groups is 4. The molecule has 2 rings (SSSR count). The maximum absolute atomic E-state index is 12.1. The van der Waals surface area contributed by atoms with Crippen LogP contribution in [-0.2, 0) is 23.9 Å². The molecule has 0 radical (unpaired) electrons. The second-order valence-electron chi connectivity index (χ2n) is 7.86. The summed E-state index contributed by atoms with van der Waals surface area (Å²) in [6.07, 6.45) is -0.318. The number of hydrogen-bond donors (Lipinski definition) is 2. The molecule has 0 aromatic heterocycles. The topological polar surface area (TPSA) is 111 Å². The van der Waals surface area contributed by atoms with Crippen LogP contribution in [0.3, 0.4) is 0 Å². The van der Waals surface area contributed by atoms with Crippen molar-refractivity contribution in [3.63, 3.8) is 0 Å².